The molecule has 0 saturated heterocycles. The molecule has 0 spiro atoms. The van der Waals surface area contributed by atoms with Gasteiger partial charge in [0.05, 0.1) is 6.61 Å². The second-order valence-corrected chi connectivity index (χ2v) is 11.0. The minimum absolute atomic E-state index is 0.196. The van der Waals surface area contributed by atoms with Crippen molar-refractivity contribution in [3.05, 3.63) is 41.5 Å². The maximum atomic E-state index is 12.5. The fraction of sp³-hybridized carbons (Fsp3) is 0.412. The highest BCUT2D eigenvalue weighted by Gasteiger charge is 2.26. The minimum Gasteiger partial charge on any atom is -0.463 e. The number of carbonyl (C=O) groups is 2. The standard InChI is InChI=1S/C17H24O3Si/c1-5-6-13-20-16(18)12-11-14-9-7-8-10-15(14)17(19)21(2,3)4/h7-12H,5-6,13H2,1-4H3/b12-11+. The third-order valence-corrected chi connectivity index (χ3v) is 4.66. The minimum atomic E-state index is -1.90. The van der Waals surface area contributed by atoms with E-state index in [4.69, 9.17) is 4.74 Å². The van der Waals surface area contributed by atoms with Gasteiger partial charge in [-0.2, -0.15) is 0 Å². The zero-order valence-electron chi connectivity index (χ0n) is 13.3. The molecule has 0 aliphatic carbocycles. The Kier molecular flexibility index (Phi) is 6.56. The van der Waals surface area contributed by atoms with Gasteiger partial charge in [-0.1, -0.05) is 57.3 Å². The monoisotopic (exact) mass is 304 g/mol. The van der Waals surface area contributed by atoms with Crippen molar-refractivity contribution in [3.8, 4) is 0 Å². The van der Waals surface area contributed by atoms with Crippen molar-refractivity contribution in [2.75, 3.05) is 6.61 Å². The number of ether oxygens (including phenoxy) is 1. The summed E-state index contributed by atoms with van der Waals surface area (Å²) in [6.07, 6.45) is 4.92. The van der Waals surface area contributed by atoms with E-state index < -0.39 is 8.07 Å². The Balaban J connectivity index is 2.85. The van der Waals surface area contributed by atoms with Crippen molar-refractivity contribution < 1.29 is 14.3 Å². The predicted molar refractivity (Wildman–Crippen MR) is 89.0 cm³/mol. The van der Waals surface area contributed by atoms with E-state index in [9.17, 15) is 9.59 Å². The molecule has 21 heavy (non-hydrogen) atoms. The van der Waals surface area contributed by atoms with Gasteiger partial charge in [0.2, 0.25) is 0 Å². The van der Waals surface area contributed by atoms with Crippen LogP contribution in [-0.2, 0) is 9.53 Å². The first-order chi connectivity index (χ1) is 9.86. The highest BCUT2D eigenvalue weighted by atomic mass is 28.3. The first-order valence-corrected chi connectivity index (χ1v) is 10.8. The van der Waals surface area contributed by atoms with Crippen LogP contribution < -0.4 is 0 Å². The largest absolute Gasteiger partial charge is 0.463 e. The average Bonchev–Trinajstić information content (AvgIpc) is 2.44. The van der Waals surface area contributed by atoms with Gasteiger partial charge in [0, 0.05) is 11.6 Å². The summed E-state index contributed by atoms with van der Waals surface area (Å²) < 4.78 is 5.07. The fourth-order valence-corrected chi connectivity index (χ4v) is 2.81. The van der Waals surface area contributed by atoms with Crippen LogP contribution in [-0.4, -0.2) is 26.1 Å². The van der Waals surface area contributed by atoms with Gasteiger partial charge in [0.15, 0.2) is 0 Å². The van der Waals surface area contributed by atoms with Gasteiger partial charge in [-0.15, -0.1) is 0 Å². The maximum Gasteiger partial charge on any atom is 0.330 e. The van der Waals surface area contributed by atoms with E-state index in [1.54, 1.807) is 6.08 Å². The zero-order valence-corrected chi connectivity index (χ0v) is 14.3. The molecule has 4 heteroatoms. The van der Waals surface area contributed by atoms with Gasteiger partial charge in [-0.25, -0.2) is 4.79 Å². The Morgan fingerprint density at radius 1 is 1.19 bits per heavy atom. The Morgan fingerprint density at radius 3 is 2.48 bits per heavy atom. The van der Waals surface area contributed by atoms with Crippen LogP contribution in [0.25, 0.3) is 6.08 Å². The summed E-state index contributed by atoms with van der Waals surface area (Å²) >= 11 is 0. The topological polar surface area (TPSA) is 43.4 Å². The molecular weight excluding hydrogens is 280 g/mol. The lowest BCUT2D eigenvalue weighted by atomic mass is 10.1. The van der Waals surface area contributed by atoms with Crippen molar-refractivity contribution in [2.45, 2.75) is 39.4 Å². The third-order valence-electron chi connectivity index (χ3n) is 3.03. The van der Waals surface area contributed by atoms with E-state index in [0.717, 1.165) is 18.4 Å². The first kappa shape index (κ1) is 17.4. The van der Waals surface area contributed by atoms with Crippen molar-refractivity contribution in [2.24, 2.45) is 0 Å². The summed E-state index contributed by atoms with van der Waals surface area (Å²) in [7, 11) is -1.90. The molecule has 0 aromatic heterocycles. The lowest BCUT2D eigenvalue weighted by Gasteiger charge is -2.15. The number of benzene rings is 1. The highest BCUT2D eigenvalue weighted by molar-refractivity contribution is 7.05. The average molecular weight is 304 g/mol. The van der Waals surface area contributed by atoms with Gasteiger partial charge in [0.1, 0.15) is 13.5 Å². The number of hydrogen-bond donors (Lipinski definition) is 0. The highest BCUT2D eigenvalue weighted by Crippen LogP contribution is 2.17. The van der Waals surface area contributed by atoms with E-state index >= 15 is 0 Å². The number of unbranched alkanes of at least 4 members (excludes halogenated alkanes) is 1. The van der Waals surface area contributed by atoms with Gasteiger partial charge in [-0.3, -0.25) is 0 Å². The molecule has 0 unspecified atom stereocenters. The van der Waals surface area contributed by atoms with Crippen molar-refractivity contribution in [1.29, 1.82) is 0 Å². The Hall–Kier alpha value is -1.68. The summed E-state index contributed by atoms with van der Waals surface area (Å²) in [5, 5.41) is 0.196. The lowest BCUT2D eigenvalue weighted by molar-refractivity contribution is -0.137. The molecule has 3 nitrogen and oxygen atoms in total. The van der Waals surface area contributed by atoms with Crippen LogP contribution in [0, 0.1) is 0 Å². The molecule has 0 bridgehead atoms. The molecule has 1 aromatic carbocycles. The van der Waals surface area contributed by atoms with Crippen LogP contribution in [0.15, 0.2) is 30.3 Å². The van der Waals surface area contributed by atoms with Crippen LogP contribution in [0.2, 0.25) is 19.6 Å². The molecule has 114 valence electrons. The van der Waals surface area contributed by atoms with Crippen LogP contribution in [0.1, 0.15) is 35.7 Å². The van der Waals surface area contributed by atoms with Gasteiger partial charge in [-0.05, 0) is 18.1 Å². The molecule has 1 aromatic rings. The lowest BCUT2D eigenvalue weighted by Crippen LogP contribution is -2.33. The summed E-state index contributed by atoms with van der Waals surface area (Å²) in [5.74, 6) is -0.362. The number of rotatable bonds is 7. The van der Waals surface area contributed by atoms with Crippen molar-refractivity contribution in [3.63, 3.8) is 0 Å². The second kappa shape index (κ2) is 7.93. The molecule has 1 rings (SSSR count). The SMILES string of the molecule is CCCCOC(=O)/C=C/c1ccccc1C(=O)[Si](C)(C)C. The van der Waals surface area contributed by atoms with Gasteiger partial charge < -0.3 is 9.53 Å². The number of hydrogen-bond acceptors (Lipinski definition) is 3. The Labute approximate surface area is 128 Å². The Morgan fingerprint density at radius 2 is 1.86 bits per heavy atom. The fourth-order valence-electron chi connectivity index (χ4n) is 1.78. The summed E-state index contributed by atoms with van der Waals surface area (Å²) in [4.78, 5) is 24.0. The summed E-state index contributed by atoms with van der Waals surface area (Å²) in [6, 6.07) is 7.39. The quantitative estimate of drug-likeness (QED) is 0.329. The number of esters is 1. The van der Waals surface area contributed by atoms with Crippen LogP contribution in [0.5, 0.6) is 0 Å². The molecule has 0 amide bonds. The van der Waals surface area contributed by atoms with E-state index in [2.05, 4.69) is 0 Å². The summed E-state index contributed by atoms with van der Waals surface area (Å²) in [6.45, 7) is 8.55. The number of carbonyl (C=O) groups excluding carboxylic acids is 2. The predicted octanol–water partition coefficient (Wildman–Crippen LogP) is 4.10. The molecular formula is C17H24O3Si. The van der Waals surface area contributed by atoms with E-state index in [1.165, 1.54) is 6.08 Å². The Bertz CT molecular complexity index is 527. The second-order valence-electron chi connectivity index (χ2n) is 6.02. The molecule has 0 atom stereocenters. The molecule has 0 aliphatic heterocycles. The molecule has 0 radical (unpaired) electrons. The maximum absolute atomic E-state index is 12.5. The molecule has 0 N–H and O–H groups in total. The molecule has 0 fully saturated rings. The van der Waals surface area contributed by atoms with Gasteiger partial charge in [0.25, 0.3) is 0 Å². The van der Waals surface area contributed by atoms with Crippen molar-refractivity contribution in [1.82, 2.24) is 0 Å². The normalized spacial score (nSPS) is 11.6. The van der Waals surface area contributed by atoms with E-state index in [0.29, 0.717) is 12.2 Å². The van der Waals surface area contributed by atoms with E-state index in [1.807, 2.05) is 50.8 Å². The summed E-state index contributed by atoms with van der Waals surface area (Å²) in [5.41, 5.74) is 1.46. The molecule has 0 heterocycles. The first-order valence-electron chi connectivity index (χ1n) is 7.35. The smallest absolute Gasteiger partial charge is 0.330 e. The van der Waals surface area contributed by atoms with Gasteiger partial charge >= 0.3 is 5.97 Å². The van der Waals surface area contributed by atoms with Crippen LogP contribution in [0.4, 0.5) is 0 Å². The zero-order chi connectivity index (χ0) is 15.9. The third kappa shape index (κ3) is 5.67. The van der Waals surface area contributed by atoms with Crippen LogP contribution in [0.3, 0.4) is 0 Å². The molecule has 0 aliphatic rings. The molecule has 0 saturated carbocycles. The van der Waals surface area contributed by atoms with Crippen molar-refractivity contribution >= 4 is 25.5 Å². The van der Waals surface area contributed by atoms with Crippen LogP contribution >= 0.6 is 0 Å². The van der Waals surface area contributed by atoms with E-state index in [-0.39, 0.29) is 11.4 Å².